The van der Waals surface area contributed by atoms with E-state index in [1.165, 1.54) is 35.2 Å². The maximum atomic E-state index is 13.0. The zero-order valence-electron chi connectivity index (χ0n) is 15.7. The van der Waals surface area contributed by atoms with E-state index >= 15 is 0 Å². The van der Waals surface area contributed by atoms with Gasteiger partial charge in [-0.15, -0.1) is 0 Å². The molecule has 0 aliphatic carbocycles. The fourth-order valence-corrected chi connectivity index (χ4v) is 5.59. The highest BCUT2D eigenvalue weighted by molar-refractivity contribution is 7.92. The Bertz CT molecular complexity index is 1210. The predicted octanol–water partition coefficient (Wildman–Crippen LogP) is 2.40. The molecule has 2 aromatic carbocycles. The Kier molecular flexibility index (Phi) is 5.99. The smallest absolute Gasteiger partial charge is 0.368 e. The maximum absolute atomic E-state index is 13.0. The van der Waals surface area contributed by atoms with Crippen LogP contribution in [-0.4, -0.2) is 57.8 Å². The second kappa shape index (κ2) is 8.09. The number of halogens is 3. The molecular formula is C17H16F3N3O6S2. The molecule has 1 aliphatic rings. The predicted molar refractivity (Wildman–Crippen MR) is 104 cm³/mol. The number of rotatable bonds is 5. The van der Waals surface area contributed by atoms with Crippen molar-refractivity contribution >= 4 is 31.2 Å². The SMILES string of the molecule is O=[N+]([O-])c1cccc(S(=O)(=O)N2CCN(c3ccccc3S(=O)(=O)C(F)(F)F)CC2)c1. The van der Waals surface area contributed by atoms with Crippen molar-refractivity contribution in [2.24, 2.45) is 0 Å². The van der Waals surface area contributed by atoms with Gasteiger partial charge in [-0.1, -0.05) is 18.2 Å². The quantitative estimate of drug-likeness (QED) is 0.477. The molecule has 14 heteroatoms. The van der Waals surface area contributed by atoms with Gasteiger partial charge in [-0.3, -0.25) is 10.1 Å². The van der Waals surface area contributed by atoms with Gasteiger partial charge in [-0.25, -0.2) is 16.8 Å². The van der Waals surface area contributed by atoms with Gasteiger partial charge < -0.3 is 4.90 Å². The summed E-state index contributed by atoms with van der Waals surface area (Å²) in [6, 6.07) is 9.15. The number of piperazine rings is 1. The number of anilines is 1. The molecule has 0 unspecified atom stereocenters. The second-order valence-corrected chi connectivity index (χ2v) is 10.4. The summed E-state index contributed by atoms with van der Waals surface area (Å²) >= 11 is 0. The van der Waals surface area contributed by atoms with Crippen LogP contribution < -0.4 is 4.90 Å². The van der Waals surface area contributed by atoms with Crippen LogP contribution in [0.25, 0.3) is 0 Å². The highest BCUT2D eigenvalue weighted by Gasteiger charge is 2.48. The van der Waals surface area contributed by atoms with Crippen molar-refractivity contribution in [3.05, 3.63) is 58.6 Å². The fourth-order valence-electron chi connectivity index (χ4n) is 3.15. The van der Waals surface area contributed by atoms with E-state index < -0.39 is 40.9 Å². The molecule has 3 rings (SSSR count). The summed E-state index contributed by atoms with van der Waals surface area (Å²) in [6.45, 7) is -0.437. The Balaban J connectivity index is 1.84. The molecule has 1 aliphatic heterocycles. The number of non-ortho nitro benzene ring substituents is 1. The molecule has 1 saturated heterocycles. The van der Waals surface area contributed by atoms with Crippen LogP contribution in [0.5, 0.6) is 0 Å². The van der Waals surface area contributed by atoms with Gasteiger partial charge in [0, 0.05) is 38.3 Å². The van der Waals surface area contributed by atoms with Gasteiger partial charge in [0.05, 0.1) is 20.4 Å². The van der Waals surface area contributed by atoms with E-state index in [9.17, 15) is 40.1 Å². The molecule has 9 nitrogen and oxygen atoms in total. The summed E-state index contributed by atoms with van der Waals surface area (Å²) < 4.78 is 89.5. The maximum Gasteiger partial charge on any atom is 0.501 e. The van der Waals surface area contributed by atoms with Crippen molar-refractivity contribution in [3.8, 4) is 0 Å². The lowest BCUT2D eigenvalue weighted by atomic mass is 10.2. The molecule has 0 aromatic heterocycles. The monoisotopic (exact) mass is 479 g/mol. The second-order valence-electron chi connectivity index (χ2n) is 6.56. The van der Waals surface area contributed by atoms with Crippen molar-refractivity contribution in [3.63, 3.8) is 0 Å². The van der Waals surface area contributed by atoms with Crippen LogP contribution in [0.4, 0.5) is 24.5 Å². The summed E-state index contributed by atoms with van der Waals surface area (Å²) in [5.74, 6) is 0. The molecule has 0 bridgehead atoms. The van der Waals surface area contributed by atoms with Crippen molar-refractivity contribution in [1.29, 1.82) is 0 Å². The molecule has 0 radical (unpaired) electrons. The summed E-state index contributed by atoms with van der Waals surface area (Å²) in [6.07, 6.45) is 0. The first-order chi connectivity index (χ1) is 14.4. The van der Waals surface area contributed by atoms with E-state index in [0.29, 0.717) is 0 Å². The van der Waals surface area contributed by atoms with Gasteiger partial charge in [0.25, 0.3) is 15.5 Å². The zero-order chi connectivity index (χ0) is 23.0. The zero-order valence-corrected chi connectivity index (χ0v) is 17.3. The van der Waals surface area contributed by atoms with Gasteiger partial charge >= 0.3 is 5.51 Å². The highest BCUT2D eigenvalue weighted by atomic mass is 32.2. The molecule has 168 valence electrons. The Morgan fingerprint density at radius 3 is 2.10 bits per heavy atom. The first-order valence-electron chi connectivity index (χ1n) is 8.75. The molecule has 31 heavy (non-hydrogen) atoms. The number of nitrogens with zero attached hydrogens (tertiary/aromatic N) is 3. The van der Waals surface area contributed by atoms with Gasteiger partial charge in [0.15, 0.2) is 0 Å². The summed E-state index contributed by atoms with van der Waals surface area (Å²) in [4.78, 5) is 10.3. The Morgan fingerprint density at radius 2 is 1.52 bits per heavy atom. The number of hydrogen-bond acceptors (Lipinski definition) is 7. The Hall–Kier alpha value is -2.71. The molecular weight excluding hydrogens is 463 g/mol. The molecule has 0 atom stereocenters. The molecule has 0 spiro atoms. The number of para-hydroxylation sites is 1. The standard InChI is InChI=1S/C17H16F3N3O6S2/c18-17(19,20)30(26,27)16-7-2-1-6-15(16)21-8-10-22(11-9-21)31(28,29)14-5-3-4-13(12-14)23(24)25/h1-7,12H,8-11H2. The van der Waals surface area contributed by atoms with Crippen molar-refractivity contribution < 1.29 is 34.9 Å². The van der Waals surface area contributed by atoms with E-state index in [4.69, 9.17) is 0 Å². The van der Waals surface area contributed by atoms with Gasteiger partial charge in [-0.2, -0.15) is 17.5 Å². The molecule has 0 saturated carbocycles. The van der Waals surface area contributed by atoms with Crippen LogP contribution in [0.1, 0.15) is 0 Å². The van der Waals surface area contributed by atoms with Crippen molar-refractivity contribution in [2.75, 3.05) is 31.1 Å². The van der Waals surface area contributed by atoms with Crippen LogP contribution in [0.15, 0.2) is 58.3 Å². The van der Waals surface area contributed by atoms with Crippen LogP contribution >= 0.6 is 0 Å². The van der Waals surface area contributed by atoms with E-state index in [0.717, 1.165) is 22.5 Å². The minimum absolute atomic E-state index is 0.0709. The number of alkyl halides is 3. The largest absolute Gasteiger partial charge is 0.501 e. The number of benzene rings is 2. The third-order valence-corrected chi connectivity index (χ3v) is 8.13. The average molecular weight is 479 g/mol. The number of nitro groups is 1. The molecule has 1 fully saturated rings. The van der Waals surface area contributed by atoms with Crippen LogP contribution in [0.3, 0.4) is 0 Å². The number of nitro benzene ring substituents is 1. The first kappa shape index (κ1) is 23.0. The molecule has 1 heterocycles. The Morgan fingerprint density at radius 1 is 0.903 bits per heavy atom. The third-order valence-electron chi connectivity index (χ3n) is 4.71. The lowest BCUT2D eigenvalue weighted by Gasteiger charge is -2.36. The van der Waals surface area contributed by atoms with E-state index in [1.807, 2.05) is 0 Å². The number of hydrogen-bond donors (Lipinski definition) is 0. The van der Waals surface area contributed by atoms with E-state index in [2.05, 4.69) is 0 Å². The van der Waals surface area contributed by atoms with Crippen LogP contribution in [0.2, 0.25) is 0 Å². The summed E-state index contributed by atoms with van der Waals surface area (Å²) in [5, 5.41) is 10.9. The van der Waals surface area contributed by atoms with Gasteiger partial charge in [-0.05, 0) is 18.2 Å². The molecule has 0 N–H and O–H groups in total. The normalized spacial score (nSPS) is 16.3. The van der Waals surface area contributed by atoms with Crippen molar-refractivity contribution in [1.82, 2.24) is 4.31 Å². The minimum Gasteiger partial charge on any atom is -0.368 e. The molecule has 2 aromatic rings. The number of sulfone groups is 1. The molecule has 0 amide bonds. The van der Waals surface area contributed by atoms with E-state index in [1.54, 1.807) is 0 Å². The first-order valence-corrected chi connectivity index (χ1v) is 11.7. The topological polar surface area (TPSA) is 118 Å². The van der Waals surface area contributed by atoms with Gasteiger partial charge in [0.2, 0.25) is 10.0 Å². The highest BCUT2D eigenvalue weighted by Crippen LogP contribution is 2.36. The number of sulfonamides is 1. The lowest BCUT2D eigenvalue weighted by molar-refractivity contribution is -0.385. The average Bonchev–Trinajstić information content (AvgIpc) is 2.73. The van der Waals surface area contributed by atoms with Crippen LogP contribution in [0, 0.1) is 10.1 Å². The van der Waals surface area contributed by atoms with Crippen LogP contribution in [-0.2, 0) is 19.9 Å². The Labute approximate surface area is 175 Å². The summed E-state index contributed by atoms with van der Waals surface area (Å²) in [7, 11) is -9.67. The van der Waals surface area contributed by atoms with Gasteiger partial charge in [0.1, 0.15) is 0 Å². The lowest BCUT2D eigenvalue weighted by Crippen LogP contribution is -2.49. The van der Waals surface area contributed by atoms with E-state index in [-0.39, 0.29) is 36.8 Å². The van der Waals surface area contributed by atoms with Crippen molar-refractivity contribution in [2.45, 2.75) is 15.3 Å². The fraction of sp³-hybridized carbons (Fsp3) is 0.294. The minimum atomic E-state index is -5.59. The summed E-state index contributed by atoms with van der Waals surface area (Å²) in [5.41, 5.74) is -6.05. The third kappa shape index (κ3) is 4.36.